The van der Waals surface area contributed by atoms with Gasteiger partial charge >= 0.3 is 0 Å². The summed E-state index contributed by atoms with van der Waals surface area (Å²) in [6.45, 7) is 1.91. The van der Waals surface area contributed by atoms with E-state index >= 15 is 0 Å². The van der Waals surface area contributed by atoms with Crippen LogP contribution in [0.2, 0.25) is 5.02 Å². The fourth-order valence-electron chi connectivity index (χ4n) is 3.69. The topological polar surface area (TPSA) is 84.3 Å². The summed E-state index contributed by atoms with van der Waals surface area (Å²) in [6, 6.07) is 14.2. The number of rotatable bonds is 7. The molecule has 0 radical (unpaired) electrons. The quantitative estimate of drug-likeness (QED) is 0.568. The van der Waals surface area contributed by atoms with Crippen molar-refractivity contribution in [2.75, 3.05) is 13.1 Å². The number of amides is 1. The molecular weight excluding hydrogens is 448 g/mol. The third-order valence-electron chi connectivity index (χ3n) is 5.51. The Morgan fingerprint density at radius 3 is 2.47 bits per heavy atom. The minimum absolute atomic E-state index is 0.250. The first kappa shape index (κ1) is 22.5. The maximum atomic E-state index is 12.7. The number of nitrogens with zero attached hydrogens (tertiary/aromatic N) is 3. The van der Waals surface area contributed by atoms with Crippen molar-refractivity contribution < 1.29 is 13.2 Å². The van der Waals surface area contributed by atoms with Crippen LogP contribution < -0.4 is 5.32 Å². The molecule has 1 amide bonds. The fraction of sp³-hybridized carbons (Fsp3) is 0.304. The summed E-state index contributed by atoms with van der Waals surface area (Å²) in [6.07, 6.45) is 6.06. The van der Waals surface area contributed by atoms with E-state index in [-0.39, 0.29) is 10.8 Å². The first-order chi connectivity index (χ1) is 15.4. The Bertz CT molecular complexity index is 1190. The van der Waals surface area contributed by atoms with Gasteiger partial charge in [0, 0.05) is 30.9 Å². The van der Waals surface area contributed by atoms with E-state index in [4.69, 9.17) is 11.6 Å². The van der Waals surface area contributed by atoms with Gasteiger partial charge in [-0.2, -0.15) is 9.40 Å². The van der Waals surface area contributed by atoms with Crippen LogP contribution in [0.1, 0.15) is 40.7 Å². The standard InChI is InChI=1S/C23H25ClN4O3S/c24-22-7-3-2-6-19(22)16-27-17-20(15-26-27)23(29)25-14-18-8-10-21(11-9-18)32(30,31)28-12-4-1-5-13-28/h2-3,6-11,15,17H,1,4-5,12-14,16H2,(H,25,29). The summed E-state index contributed by atoms with van der Waals surface area (Å²) in [5.74, 6) is -0.250. The van der Waals surface area contributed by atoms with Crippen molar-refractivity contribution in [3.63, 3.8) is 0 Å². The van der Waals surface area contributed by atoms with Gasteiger partial charge in [-0.3, -0.25) is 9.48 Å². The highest BCUT2D eigenvalue weighted by Crippen LogP contribution is 2.21. The van der Waals surface area contributed by atoms with Gasteiger partial charge in [-0.25, -0.2) is 8.42 Å². The van der Waals surface area contributed by atoms with Crippen LogP contribution in [0, 0.1) is 0 Å². The summed E-state index contributed by atoms with van der Waals surface area (Å²) >= 11 is 6.18. The Hall–Kier alpha value is -2.68. The van der Waals surface area contributed by atoms with E-state index < -0.39 is 10.0 Å². The summed E-state index contributed by atoms with van der Waals surface area (Å²) < 4.78 is 28.7. The minimum Gasteiger partial charge on any atom is -0.348 e. The molecule has 0 spiro atoms. The normalized spacial score (nSPS) is 14.9. The van der Waals surface area contributed by atoms with Crippen molar-refractivity contribution in [2.24, 2.45) is 0 Å². The smallest absolute Gasteiger partial charge is 0.254 e. The monoisotopic (exact) mass is 472 g/mol. The maximum Gasteiger partial charge on any atom is 0.254 e. The molecule has 0 unspecified atom stereocenters. The predicted octanol–water partition coefficient (Wildman–Crippen LogP) is 3.69. The highest BCUT2D eigenvalue weighted by Gasteiger charge is 2.25. The van der Waals surface area contributed by atoms with Gasteiger partial charge in [0.15, 0.2) is 0 Å². The van der Waals surface area contributed by atoms with Crippen molar-refractivity contribution in [1.82, 2.24) is 19.4 Å². The number of benzene rings is 2. The highest BCUT2D eigenvalue weighted by atomic mass is 35.5. The van der Waals surface area contributed by atoms with Crippen LogP contribution >= 0.6 is 11.6 Å². The summed E-state index contributed by atoms with van der Waals surface area (Å²) in [5, 5.41) is 7.74. The molecule has 2 heterocycles. The van der Waals surface area contributed by atoms with E-state index in [0.717, 1.165) is 30.4 Å². The second-order valence-electron chi connectivity index (χ2n) is 7.81. The lowest BCUT2D eigenvalue weighted by Crippen LogP contribution is -2.35. The number of hydrogen-bond donors (Lipinski definition) is 1. The Kier molecular flexibility index (Phi) is 6.93. The Morgan fingerprint density at radius 1 is 1.03 bits per heavy atom. The van der Waals surface area contributed by atoms with Crippen molar-refractivity contribution in [1.29, 1.82) is 0 Å². The molecule has 0 aliphatic carbocycles. The lowest BCUT2D eigenvalue weighted by Gasteiger charge is -2.25. The number of sulfonamides is 1. The Balaban J connectivity index is 1.34. The van der Waals surface area contributed by atoms with Crippen LogP contribution in [0.5, 0.6) is 0 Å². The van der Waals surface area contributed by atoms with Crippen LogP contribution in [0.4, 0.5) is 0 Å². The van der Waals surface area contributed by atoms with E-state index in [1.807, 2.05) is 24.3 Å². The molecule has 2 aromatic carbocycles. The van der Waals surface area contributed by atoms with Crippen molar-refractivity contribution in [2.45, 2.75) is 37.2 Å². The SMILES string of the molecule is O=C(NCc1ccc(S(=O)(=O)N2CCCCC2)cc1)c1cnn(Cc2ccccc2Cl)c1. The van der Waals surface area contributed by atoms with Crippen LogP contribution in [-0.4, -0.2) is 41.5 Å². The second kappa shape index (κ2) is 9.85. The van der Waals surface area contributed by atoms with Gasteiger partial charge in [0.2, 0.25) is 10.0 Å². The van der Waals surface area contributed by atoms with Crippen LogP contribution in [-0.2, 0) is 23.1 Å². The van der Waals surface area contributed by atoms with Gasteiger partial charge in [-0.1, -0.05) is 48.4 Å². The molecule has 0 saturated carbocycles. The third-order valence-corrected chi connectivity index (χ3v) is 7.80. The molecule has 1 aliphatic heterocycles. The largest absolute Gasteiger partial charge is 0.348 e. The molecule has 32 heavy (non-hydrogen) atoms. The zero-order valence-electron chi connectivity index (χ0n) is 17.6. The molecule has 3 aromatic rings. The zero-order chi connectivity index (χ0) is 22.6. The van der Waals surface area contributed by atoms with Crippen LogP contribution in [0.15, 0.2) is 65.8 Å². The minimum atomic E-state index is -3.45. The summed E-state index contributed by atoms with van der Waals surface area (Å²) in [7, 11) is -3.45. The molecule has 1 aliphatic rings. The molecule has 7 nitrogen and oxygen atoms in total. The average molecular weight is 473 g/mol. The summed E-state index contributed by atoms with van der Waals surface area (Å²) in [5.41, 5.74) is 2.18. The van der Waals surface area contributed by atoms with Crippen LogP contribution in [0.3, 0.4) is 0 Å². The van der Waals surface area contributed by atoms with Crippen LogP contribution in [0.25, 0.3) is 0 Å². The first-order valence-electron chi connectivity index (χ1n) is 10.6. The lowest BCUT2D eigenvalue weighted by atomic mass is 10.2. The molecule has 9 heteroatoms. The van der Waals surface area contributed by atoms with Gasteiger partial charge in [0.1, 0.15) is 0 Å². The molecule has 1 fully saturated rings. The molecule has 168 valence electrons. The number of halogens is 1. The Morgan fingerprint density at radius 2 is 1.75 bits per heavy atom. The molecule has 4 rings (SSSR count). The number of carbonyl (C=O) groups excluding carboxylic acids is 1. The van der Waals surface area contributed by atoms with Crippen molar-refractivity contribution in [3.8, 4) is 0 Å². The van der Waals surface area contributed by atoms with Gasteiger partial charge in [0.05, 0.1) is 23.2 Å². The maximum absolute atomic E-state index is 12.7. The molecule has 0 atom stereocenters. The van der Waals surface area contributed by atoms with E-state index in [2.05, 4.69) is 10.4 Å². The number of hydrogen-bond acceptors (Lipinski definition) is 4. The number of piperidine rings is 1. The van der Waals surface area contributed by atoms with Gasteiger partial charge in [0.25, 0.3) is 5.91 Å². The van der Waals surface area contributed by atoms with Gasteiger partial charge < -0.3 is 5.32 Å². The third kappa shape index (κ3) is 5.20. The van der Waals surface area contributed by atoms with Gasteiger partial charge in [-0.05, 0) is 42.2 Å². The summed E-state index contributed by atoms with van der Waals surface area (Å²) in [4.78, 5) is 12.8. The first-order valence-corrected chi connectivity index (χ1v) is 12.4. The molecule has 1 aromatic heterocycles. The van der Waals surface area contributed by atoms with E-state index in [1.54, 1.807) is 39.4 Å². The molecule has 1 N–H and O–H groups in total. The number of carbonyl (C=O) groups is 1. The van der Waals surface area contributed by atoms with Crippen molar-refractivity contribution >= 4 is 27.5 Å². The van der Waals surface area contributed by atoms with Crippen molar-refractivity contribution in [3.05, 3.63) is 82.6 Å². The molecule has 1 saturated heterocycles. The lowest BCUT2D eigenvalue weighted by molar-refractivity contribution is 0.0951. The number of nitrogens with one attached hydrogen (secondary N) is 1. The predicted molar refractivity (Wildman–Crippen MR) is 123 cm³/mol. The highest BCUT2D eigenvalue weighted by molar-refractivity contribution is 7.89. The zero-order valence-corrected chi connectivity index (χ0v) is 19.1. The van der Waals surface area contributed by atoms with E-state index in [1.165, 1.54) is 6.20 Å². The fourth-order valence-corrected chi connectivity index (χ4v) is 5.40. The number of aromatic nitrogens is 2. The second-order valence-corrected chi connectivity index (χ2v) is 10.2. The molecular formula is C23H25ClN4O3S. The Labute approximate surface area is 193 Å². The van der Waals surface area contributed by atoms with E-state index in [0.29, 0.717) is 36.8 Å². The average Bonchev–Trinajstić information content (AvgIpc) is 3.28. The van der Waals surface area contributed by atoms with Gasteiger partial charge in [-0.15, -0.1) is 0 Å². The van der Waals surface area contributed by atoms with E-state index in [9.17, 15) is 13.2 Å². The molecule has 0 bridgehead atoms.